The Labute approximate surface area is 181 Å². The van der Waals surface area contributed by atoms with Crippen LogP contribution in [-0.4, -0.2) is 4.57 Å². The number of rotatable bonds is 1. The van der Waals surface area contributed by atoms with Gasteiger partial charge in [0.05, 0.1) is 10.9 Å². The van der Waals surface area contributed by atoms with Crippen LogP contribution in [0.1, 0.15) is 44.1 Å². The summed E-state index contributed by atoms with van der Waals surface area (Å²) in [4.78, 5) is 0. The number of hydrogen-bond donors (Lipinski definition) is 0. The van der Waals surface area contributed by atoms with E-state index in [-0.39, 0.29) is 0 Å². The number of aromatic nitrogens is 1. The third-order valence-electron chi connectivity index (χ3n) is 9.16. The van der Waals surface area contributed by atoms with Gasteiger partial charge in [0.1, 0.15) is 11.2 Å². The fourth-order valence-corrected chi connectivity index (χ4v) is 8.27. The van der Waals surface area contributed by atoms with Gasteiger partial charge in [-0.05, 0) is 97.6 Å². The third-order valence-corrected chi connectivity index (χ3v) is 9.16. The highest BCUT2D eigenvalue weighted by atomic mass is 16.3. The molecule has 0 atom stereocenters. The average Bonchev–Trinajstić information content (AvgIpc) is 3.28. The number of benzene rings is 3. The minimum absolute atomic E-state index is 0.423. The summed E-state index contributed by atoms with van der Waals surface area (Å²) in [5.74, 6) is 2.91. The molecule has 2 nitrogen and oxygen atoms in total. The van der Waals surface area contributed by atoms with E-state index in [1.807, 2.05) is 0 Å². The van der Waals surface area contributed by atoms with Crippen LogP contribution in [0.25, 0.3) is 43.7 Å². The Kier molecular flexibility index (Phi) is 3.02. The van der Waals surface area contributed by atoms with Crippen molar-refractivity contribution in [2.24, 2.45) is 24.8 Å². The molecule has 4 saturated carbocycles. The maximum absolute atomic E-state index is 6.46. The number of fused-ring (bicyclic) bond motifs is 7. The predicted octanol–water partition coefficient (Wildman–Crippen LogP) is 7.70. The SMILES string of the molecule is Cn1c2ccc(C34CC5CC(CC(C5)C3)C4)cc2c2c3oc4ccccc4c3ccc21. The summed E-state index contributed by atoms with van der Waals surface area (Å²) < 4.78 is 8.81. The van der Waals surface area contributed by atoms with E-state index in [1.54, 1.807) is 5.56 Å². The Bertz CT molecular complexity index is 1500. The molecule has 0 N–H and O–H groups in total. The maximum atomic E-state index is 6.46. The van der Waals surface area contributed by atoms with Crippen molar-refractivity contribution in [2.45, 2.75) is 43.9 Å². The van der Waals surface area contributed by atoms with E-state index in [2.05, 4.69) is 66.2 Å². The first-order chi connectivity index (χ1) is 15.2. The molecule has 2 heteroatoms. The van der Waals surface area contributed by atoms with Crippen molar-refractivity contribution in [3.05, 3.63) is 60.2 Å². The van der Waals surface area contributed by atoms with E-state index < -0.39 is 0 Å². The summed E-state index contributed by atoms with van der Waals surface area (Å²) in [6.45, 7) is 0. The molecule has 4 aliphatic carbocycles. The van der Waals surface area contributed by atoms with Gasteiger partial charge in [0.15, 0.2) is 0 Å². The van der Waals surface area contributed by atoms with Crippen LogP contribution >= 0.6 is 0 Å². The fraction of sp³-hybridized carbons (Fsp3) is 0.379. The van der Waals surface area contributed by atoms with Crippen molar-refractivity contribution in [1.82, 2.24) is 4.57 Å². The lowest BCUT2D eigenvalue weighted by atomic mass is 9.48. The van der Waals surface area contributed by atoms with E-state index in [0.29, 0.717) is 5.41 Å². The van der Waals surface area contributed by atoms with Crippen molar-refractivity contribution in [1.29, 1.82) is 0 Å². The molecule has 4 fully saturated rings. The maximum Gasteiger partial charge on any atom is 0.145 e. The van der Waals surface area contributed by atoms with Crippen LogP contribution in [0, 0.1) is 17.8 Å². The first kappa shape index (κ1) is 16.9. The Morgan fingerprint density at radius 1 is 0.774 bits per heavy atom. The Hall–Kier alpha value is -2.74. The zero-order chi connectivity index (χ0) is 20.3. The second-order valence-electron chi connectivity index (χ2n) is 10.9. The lowest BCUT2D eigenvalue weighted by Gasteiger charge is -2.57. The van der Waals surface area contributed by atoms with Crippen molar-refractivity contribution < 1.29 is 4.42 Å². The van der Waals surface area contributed by atoms with Crippen molar-refractivity contribution in [3.63, 3.8) is 0 Å². The normalized spacial score (nSPS) is 29.8. The zero-order valence-electron chi connectivity index (χ0n) is 18.0. The van der Waals surface area contributed by atoms with Gasteiger partial charge in [-0.25, -0.2) is 0 Å². The van der Waals surface area contributed by atoms with Crippen LogP contribution in [0.4, 0.5) is 0 Å². The van der Waals surface area contributed by atoms with Crippen LogP contribution in [0.5, 0.6) is 0 Å². The quantitative estimate of drug-likeness (QED) is 0.279. The van der Waals surface area contributed by atoms with Crippen molar-refractivity contribution in [2.75, 3.05) is 0 Å². The Balaban J connectivity index is 1.43. The fourth-order valence-electron chi connectivity index (χ4n) is 8.27. The van der Waals surface area contributed by atoms with Gasteiger partial charge in [0, 0.05) is 28.7 Å². The molecule has 3 aromatic carbocycles. The molecule has 0 amide bonds. The summed E-state index contributed by atoms with van der Waals surface area (Å²) in [7, 11) is 2.20. The summed E-state index contributed by atoms with van der Waals surface area (Å²) >= 11 is 0. The Morgan fingerprint density at radius 2 is 1.48 bits per heavy atom. The molecular weight excluding hydrogens is 378 g/mol. The molecule has 154 valence electrons. The lowest BCUT2D eigenvalue weighted by molar-refractivity contribution is -0.00512. The zero-order valence-corrected chi connectivity index (χ0v) is 18.0. The largest absolute Gasteiger partial charge is 0.455 e. The lowest BCUT2D eigenvalue weighted by Crippen LogP contribution is -2.48. The van der Waals surface area contributed by atoms with Crippen LogP contribution in [-0.2, 0) is 12.5 Å². The molecule has 2 aromatic heterocycles. The smallest absolute Gasteiger partial charge is 0.145 e. The van der Waals surface area contributed by atoms with Gasteiger partial charge in [-0.1, -0.05) is 24.3 Å². The van der Waals surface area contributed by atoms with Gasteiger partial charge in [0.25, 0.3) is 0 Å². The van der Waals surface area contributed by atoms with Crippen LogP contribution < -0.4 is 0 Å². The summed E-state index contributed by atoms with van der Waals surface area (Å²) in [6.07, 6.45) is 8.72. The molecule has 5 aromatic rings. The number of hydrogen-bond acceptors (Lipinski definition) is 1. The van der Waals surface area contributed by atoms with E-state index in [9.17, 15) is 0 Å². The van der Waals surface area contributed by atoms with Gasteiger partial charge in [0.2, 0.25) is 0 Å². The van der Waals surface area contributed by atoms with E-state index in [1.165, 1.54) is 71.1 Å². The topological polar surface area (TPSA) is 18.1 Å². The standard InChI is InChI=1S/C29H27NO/c1-30-24-8-6-20(29-14-17-10-18(15-29)12-19(11-17)16-29)13-23(24)27-25(30)9-7-22-21-4-2-3-5-26(21)31-28(22)27/h2-9,13,17-19H,10-12,14-16H2,1H3. The molecule has 0 spiro atoms. The molecule has 31 heavy (non-hydrogen) atoms. The van der Waals surface area contributed by atoms with Crippen molar-refractivity contribution in [3.8, 4) is 0 Å². The minimum atomic E-state index is 0.423. The van der Waals surface area contributed by atoms with Gasteiger partial charge in [-0.15, -0.1) is 0 Å². The molecular formula is C29H27NO. The summed E-state index contributed by atoms with van der Waals surface area (Å²) in [5, 5.41) is 5.11. The van der Waals surface area contributed by atoms with Gasteiger partial charge < -0.3 is 8.98 Å². The molecule has 0 radical (unpaired) electrons. The molecule has 0 saturated heterocycles. The first-order valence-electron chi connectivity index (χ1n) is 12.0. The monoisotopic (exact) mass is 405 g/mol. The van der Waals surface area contributed by atoms with Crippen LogP contribution in [0.2, 0.25) is 0 Å². The molecule has 0 unspecified atom stereocenters. The third kappa shape index (κ3) is 2.09. The highest BCUT2D eigenvalue weighted by Gasteiger charge is 2.51. The Morgan fingerprint density at radius 3 is 2.26 bits per heavy atom. The summed E-state index contributed by atoms with van der Waals surface area (Å²) in [5.41, 5.74) is 6.64. The van der Waals surface area contributed by atoms with Crippen LogP contribution in [0.3, 0.4) is 0 Å². The van der Waals surface area contributed by atoms with Gasteiger partial charge >= 0.3 is 0 Å². The predicted molar refractivity (Wildman–Crippen MR) is 128 cm³/mol. The summed E-state index contributed by atoms with van der Waals surface area (Å²) in [6, 6.07) is 20.4. The average molecular weight is 406 g/mol. The van der Waals surface area contributed by atoms with E-state index in [0.717, 1.165) is 28.9 Å². The molecule has 0 aliphatic heterocycles. The van der Waals surface area contributed by atoms with E-state index >= 15 is 0 Å². The minimum Gasteiger partial charge on any atom is -0.455 e. The first-order valence-corrected chi connectivity index (χ1v) is 12.0. The number of aryl methyl sites for hydroxylation is 1. The number of nitrogens with zero attached hydrogens (tertiary/aromatic N) is 1. The van der Waals surface area contributed by atoms with Crippen molar-refractivity contribution >= 4 is 43.7 Å². The highest BCUT2D eigenvalue weighted by molar-refractivity contribution is 6.23. The van der Waals surface area contributed by atoms with E-state index in [4.69, 9.17) is 4.42 Å². The molecule has 9 rings (SSSR count). The molecule has 2 heterocycles. The number of para-hydroxylation sites is 1. The van der Waals surface area contributed by atoms with Gasteiger partial charge in [-0.3, -0.25) is 0 Å². The molecule has 4 aliphatic rings. The highest BCUT2D eigenvalue weighted by Crippen LogP contribution is 2.61. The number of furan rings is 1. The second-order valence-corrected chi connectivity index (χ2v) is 10.9. The van der Waals surface area contributed by atoms with Gasteiger partial charge in [-0.2, -0.15) is 0 Å². The second kappa shape index (κ2) is 5.54. The van der Waals surface area contributed by atoms with Crippen LogP contribution in [0.15, 0.2) is 59.0 Å². The molecule has 4 bridgehead atoms.